The average Bonchev–Trinajstić information content (AvgIpc) is 2.98. The van der Waals surface area contributed by atoms with Gasteiger partial charge >= 0.3 is 0 Å². The third kappa shape index (κ3) is 3.69. The Morgan fingerprint density at radius 1 is 1.04 bits per heavy atom. The molecule has 1 aromatic heterocycles. The van der Waals surface area contributed by atoms with Crippen LogP contribution in [-0.2, 0) is 4.79 Å². The molecule has 0 aliphatic heterocycles. The molecule has 8 nitrogen and oxygen atoms in total. The number of nitrogen functional groups attached to an aromatic ring is 1. The number of hydrogen-bond donors (Lipinski definition) is 3. The highest BCUT2D eigenvalue weighted by Crippen LogP contribution is 2.18. The largest absolute Gasteiger partial charge is 0.382 e. The Kier molecular flexibility index (Phi) is 4.66. The quantitative estimate of drug-likeness (QED) is 0.668. The van der Waals surface area contributed by atoms with Crippen molar-refractivity contribution in [3.05, 3.63) is 59.8 Å². The molecule has 4 N–H and O–H groups in total. The van der Waals surface area contributed by atoms with Gasteiger partial charge in [0.05, 0.1) is 5.69 Å². The number of anilines is 3. The fourth-order valence-corrected chi connectivity index (χ4v) is 2.43. The summed E-state index contributed by atoms with van der Waals surface area (Å²) < 4.78 is 1.42. The van der Waals surface area contributed by atoms with E-state index >= 15 is 0 Å². The van der Waals surface area contributed by atoms with Gasteiger partial charge in [-0.25, -0.2) is 0 Å². The van der Waals surface area contributed by atoms with Crippen LogP contribution in [-0.4, -0.2) is 26.8 Å². The van der Waals surface area contributed by atoms with Gasteiger partial charge in [0.25, 0.3) is 5.91 Å². The van der Waals surface area contributed by atoms with Gasteiger partial charge in [-0.3, -0.25) is 9.59 Å². The molecule has 0 saturated heterocycles. The van der Waals surface area contributed by atoms with Crippen molar-refractivity contribution < 1.29 is 9.59 Å². The average molecular weight is 350 g/mol. The molecule has 132 valence electrons. The summed E-state index contributed by atoms with van der Waals surface area (Å²) in [5.41, 5.74) is 9.05. The Hall–Kier alpha value is -3.68. The van der Waals surface area contributed by atoms with Crippen LogP contribution in [0.3, 0.4) is 0 Å². The number of aryl methyl sites for hydroxylation is 1. The second-order valence-electron chi connectivity index (χ2n) is 5.79. The first-order chi connectivity index (χ1) is 12.4. The van der Waals surface area contributed by atoms with Crippen LogP contribution in [0.5, 0.6) is 0 Å². The van der Waals surface area contributed by atoms with E-state index in [-0.39, 0.29) is 17.4 Å². The van der Waals surface area contributed by atoms with Crippen molar-refractivity contribution in [3.8, 4) is 5.69 Å². The van der Waals surface area contributed by atoms with Crippen LogP contribution in [0.25, 0.3) is 5.69 Å². The molecular formula is C18H18N6O2. The minimum absolute atomic E-state index is 0.0393. The van der Waals surface area contributed by atoms with Gasteiger partial charge in [-0.15, -0.1) is 5.10 Å². The highest BCUT2D eigenvalue weighted by atomic mass is 16.2. The van der Waals surface area contributed by atoms with Crippen LogP contribution in [0, 0.1) is 6.92 Å². The molecule has 26 heavy (non-hydrogen) atoms. The number of benzene rings is 2. The first kappa shape index (κ1) is 17.2. The molecule has 2 aromatic carbocycles. The highest BCUT2D eigenvalue weighted by Gasteiger charge is 2.18. The van der Waals surface area contributed by atoms with Crippen LogP contribution < -0.4 is 16.4 Å². The summed E-state index contributed by atoms with van der Waals surface area (Å²) in [4.78, 5) is 23.5. The van der Waals surface area contributed by atoms with Crippen LogP contribution in [0.4, 0.5) is 17.2 Å². The molecule has 0 aliphatic carbocycles. The maximum Gasteiger partial charge on any atom is 0.280 e. The van der Waals surface area contributed by atoms with E-state index in [0.29, 0.717) is 11.4 Å². The molecule has 0 saturated carbocycles. The Morgan fingerprint density at radius 3 is 2.31 bits per heavy atom. The molecular weight excluding hydrogens is 332 g/mol. The minimum atomic E-state index is -0.464. The molecule has 0 bridgehead atoms. The maximum absolute atomic E-state index is 12.4. The summed E-state index contributed by atoms with van der Waals surface area (Å²) in [5, 5.41) is 13.2. The fourth-order valence-electron chi connectivity index (χ4n) is 2.43. The third-order valence-electron chi connectivity index (χ3n) is 3.63. The lowest BCUT2D eigenvalue weighted by Crippen LogP contribution is -2.15. The molecule has 3 aromatic rings. The van der Waals surface area contributed by atoms with Gasteiger partial charge < -0.3 is 16.4 Å². The van der Waals surface area contributed by atoms with Crippen molar-refractivity contribution in [3.63, 3.8) is 0 Å². The zero-order chi connectivity index (χ0) is 18.7. The number of aromatic nitrogens is 3. The SMILES string of the molecule is CC(=O)Nc1ccc(NC(=O)c2nnn(-c3cccc(C)c3)c2N)cc1. The number of nitrogens with two attached hydrogens (primary N) is 1. The first-order valence-corrected chi connectivity index (χ1v) is 7.91. The zero-order valence-electron chi connectivity index (χ0n) is 14.4. The fraction of sp³-hybridized carbons (Fsp3) is 0.111. The highest BCUT2D eigenvalue weighted by molar-refractivity contribution is 6.06. The molecule has 8 heteroatoms. The number of amides is 2. The van der Waals surface area contributed by atoms with E-state index in [1.807, 2.05) is 31.2 Å². The molecule has 0 radical (unpaired) electrons. The molecule has 0 unspecified atom stereocenters. The summed E-state index contributed by atoms with van der Waals surface area (Å²) in [6.45, 7) is 3.38. The second kappa shape index (κ2) is 7.06. The van der Waals surface area contributed by atoms with Crippen LogP contribution in [0.2, 0.25) is 0 Å². The van der Waals surface area contributed by atoms with Gasteiger partial charge in [-0.05, 0) is 48.9 Å². The number of carbonyl (C=O) groups is 2. The number of carbonyl (C=O) groups excluding carboxylic acids is 2. The lowest BCUT2D eigenvalue weighted by atomic mass is 10.2. The molecule has 0 atom stereocenters. The zero-order valence-corrected chi connectivity index (χ0v) is 14.4. The van der Waals surface area contributed by atoms with Gasteiger partial charge in [0.1, 0.15) is 0 Å². The molecule has 0 fully saturated rings. The van der Waals surface area contributed by atoms with E-state index in [0.717, 1.165) is 11.3 Å². The normalized spacial score (nSPS) is 10.4. The monoisotopic (exact) mass is 350 g/mol. The Morgan fingerprint density at radius 2 is 1.69 bits per heavy atom. The van der Waals surface area contributed by atoms with Crippen molar-refractivity contribution in [1.29, 1.82) is 0 Å². The molecule has 2 amide bonds. The van der Waals surface area contributed by atoms with Gasteiger partial charge in [0.15, 0.2) is 11.5 Å². The second-order valence-corrected chi connectivity index (χ2v) is 5.79. The summed E-state index contributed by atoms with van der Waals surface area (Å²) in [7, 11) is 0. The topological polar surface area (TPSA) is 115 Å². The van der Waals surface area contributed by atoms with Gasteiger partial charge in [0, 0.05) is 18.3 Å². The summed E-state index contributed by atoms with van der Waals surface area (Å²) in [5.74, 6) is -0.473. The van der Waals surface area contributed by atoms with Crippen molar-refractivity contribution in [1.82, 2.24) is 15.0 Å². The van der Waals surface area contributed by atoms with Crippen LogP contribution in [0.15, 0.2) is 48.5 Å². The molecule has 3 rings (SSSR count). The van der Waals surface area contributed by atoms with E-state index < -0.39 is 5.91 Å². The van der Waals surface area contributed by atoms with Gasteiger partial charge in [-0.1, -0.05) is 17.3 Å². The number of rotatable bonds is 4. The standard InChI is InChI=1S/C18H18N6O2/c1-11-4-3-5-15(10-11)24-17(19)16(22-23-24)18(26)21-14-8-6-13(7-9-14)20-12(2)25/h3-10H,19H2,1-2H3,(H,20,25)(H,21,26). The summed E-state index contributed by atoms with van der Waals surface area (Å²) in [6, 6.07) is 14.3. The lowest BCUT2D eigenvalue weighted by molar-refractivity contribution is -0.114. The van der Waals surface area contributed by atoms with Gasteiger partial charge in [0.2, 0.25) is 5.91 Å². The maximum atomic E-state index is 12.4. The number of hydrogen-bond acceptors (Lipinski definition) is 5. The predicted octanol–water partition coefficient (Wildman–Crippen LogP) is 2.37. The lowest BCUT2D eigenvalue weighted by Gasteiger charge is -2.07. The van der Waals surface area contributed by atoms with Crippen LogP contribution >= 0.6 is 0 Å². The van der Waals surface area contributed by atoms with Crippen LogP contribution in [0.1, 0.15) is 23.0 Å². The van der Waals surface area contributed by atoms with Crippen molar-refractivity contribution in [2.45, 2.75) is 13.8 Å². The predicted molar refractivity (Wildman–Crippen MR) is 99.2 cm³/mol. The number of nitrogens with one attached hydrogen (secondary N) is 2. The molecule has 1 heterocycles. The minimum Gasteiger partial charge on any atom is -0.382 e. The Balaban J connectivity index is 1.77. The van der Waals surface area contributed by atoms with E-state index in [1.165, 1.54) is 11.6 Å². The Bertz CT molecular complexity index is 962. The third-order valence-corrected chi connectivity index (χ3v) is 3.63. The summed E-state index contributed by atoms with van der Waals surface area (Å²) >= 11 is 0. The van der Waals surface area contributed by atoms with Crippen molar-refractivity contribution >= 4 is 29.0 Å². The van der Waals surface area contributed by atoms with E-state index in [9.17, 15) is 9.59 Å². The van der Waals surface area contributed by atoms with Gasteiger partial charge in [-0.2, -0.15) is 4.68 Å². The number of nitrogens with zero attached hydrogens (tertiary/aromatic N) is 3. The van der Waals surface area contributed by atoms with E-state index in [2.05, 4.69) is 20.9 Å². The Labute approximate surface area is 150 Å². The first-order valence-electron chi connectivity index (χ1n) is 7.91. The van der Waals surface area contributed by atoms with Crippen molar-refractivity contribution in [2.75, 3.05) is 16.4 Å². The smallest absolute Gasteiger partial charge is 0.280 e. The van der Waals surface area contributed by atoms with E-state index in [1.54, 1.807) is 24.3 Å². The van der Waals surface area contributed by atoms with Crippen molar-refractivity contribution in [2.24, 2.45) is 0 Å². The van der Waals surface area contributed by atoms with E-state index in [4.69, 9.17) is 5.73 Å². The summed E-state index contributed by atoms with van der Waals surface area (Å²) in [6.07, 6.45) is 0. The molecule has 0 aliphatic rings. The molecule has 0 spiro atoms.